The molecule has 0 fully saturated rings. The third kappa shape index (κ3) is 3.31. The molecule has 0 atom stereocenters. The molecule has 24 heavy (non-hydrogen) atoms. The number of nitrogens with one attached hydrogen (secondary N) is 1. The summed E-state index contributed by atoms with van der Waals surface area (Å²) in [7, 11) is 0. The Hall–Kier alpha value is -2.66. The van der Waals surface area contributed by atoms with Gasteiger partial charge >= 0.3 is 0 Å². The molecule has 0 spiro atoms. The van der Waals surface area contributed by atoms with Gasteiger partial charge in [0.25, 0.3) is 0 Å². The van der Waals surface area contributed by atoms with Crippen molar-refractivity contribution in [1.29, 1.82) is 0 Å². The van der Waals surface area contributed by atoms with Crippen molar-refractivity contribution in [3.63, 3.8) is 0 Å². The SMILES string of the molecule is CC(C)(C)c1ccc(-c2cn3cc(NC(=O)CN)ccc3n2)cc1. The van der Waals surface area contributed by atoms with Crippen LogP contribution in [-0.2, 0) is 10.2 Å². The Kier molecular flexibility index (Phi) is 4.11. The van der Waals surface area contributed by atoms with Crippen LogP contribution in [0, 0.1) is 0 Å². The van der Waals surface area contributed by atoms with Gasteiger partial charge in [-0.05, 0) is 23.1 Å². The molecule has 3 rings (SSSR count). The lowest BCUT2D eigenvalue weighted by molar-refractivity contribution is -0.114. The maximum atomic E-state index is 11.4. The summed E-state index contributed by atoms with van der Waals surface area (Å²) in [6.45, 7) is 6.56. The number of anilines is 1. The highest BCUT2D eigenvalue weighted by Crippen LogP contribution is 2.26. The van der Waals surface area contributed by atoms with Crippen LogP contribution in [0.5, 0.6) is 0 Å². The quantitative estimate of drug-likeness (QED) is 0.778. The average Bonchev–Trinajstić information content (AvgIpc) is 2.97. The van der Waals surface area contributed by atoms with Crippen LogP contribution in [0.4, 0.5) is 5.69 Å². The number of hydrogen-bond acceptors (Lipinski definition) is 3. The Balaban J connectivity index is 1.91. The van der Waals surface area contributed by atoms with E-state index >= 15 is 0 Å². The monoisotopic (exact) mass is 322 g/mol. The lowest BCUT2D eigenvalue weighted by Crippen LogP contribution is -2.21. The highest BCUT2D eigenvalue weighted by molar-refractivity contribution is 5.92. The van der Waals surface area contributed by atoms with Gasteiger partial charge in [0.1, 0.15) is 5.65 Å². The summed E-state index contributed by atoms with van der Waals surface area (Å²) in [5.74, 6) is -0.215. The second-order valence-corrected chi connectivity index (χ2v) is 6.89. The molecule has 2 aromatic heterocycles. The number of carbonyl (C=O) groups is 1. The predicted molar refractivity (Wildman–Crippen MR) is 97.0 cm³/mol. The molecule has 0 bridgehead atoms. The van der Waals surface area contributed by atoms with E-state index in [9.17, 15) is 4.79 Å². The number of imidazole rings is 1. The number of nitrogens with two attached hydrogens (primary N) is 1. The summed E-state index contributed by atoms with van der Waals surface area (Å²) < 4.78 is 1.90. The first-order valence-electron chi connectivity index (χ1n) is 7.96. The van der Waals surface area contributed by atoms with E-state index in [0.717, 1.165) is 16.9 Å². The van der Waals surface area contributed by atoms with Crippen LogP contribution in [0.3, 0.4) is 0 Å². The molecule has 0 aliphatic rings. The van der Waals surface area contributed by atoms with Crippen molar-refractivity contribution in [3.8, 4) is 11.3 Å². The minimum Gasteiger partial charge on any atom is -0.324 e. The van der Waals surface area contributed by atoms with E-state index < -0.39 is 0 Å². The summed E-state index contributed by atoms with van der Waals surface area (Å²) in [6, 6.07) is 12.2. The second kappa shape index (κ2) is 6.09. The zero-order valence-corrected chi connectivity index (χ0v) is 14.2. The second-order valence-electron chi connectivity index (χ2n) is 6.89. The van der Waals surface area contributed by atoms with Crippen molar-refractivity contribution in [3.05, 3.63) is 54.4 Å². The normalized spacial score (nSPS) is 11.7. The molecule has 2 heterocycles. The summed E-state index contributed by atoms with van der Waals surface area (Å²) in [6.07, 6.45) is 3.79. The molecule has 124 valence electrons. The largest absolute Gasteiger partial charge is 0.324 e. The molecule has 0 saturated carbocycles. The first kappa shape index (κ1) is 16.2. The molecule has 3 N–H and O–H groups in total. The van der Waals surface area contributed by atoms with Gasteiger partial charge in [-0.25, -0.2) is 4.98 Å². The minimum atomic E-state index is -0.215. The highest BCUT2D eigenvalue weighted by Gasteiger charge is 2.13. The highest BCUT2D eigenvalue weighted by atomic mass is 16.1. The van der Waals surface area contributed by atoms with Crippen molar-refractivity contribution < 1.29 is 4.79 Å². The molecule has 5 nitrogen and oxygen atoms in total. The fraction of sp³-hybridized carbons (Fsp3) is 0.263. The van der Waals surface area contributed by atoms with Gasteiger partial charge in [-0.15, -0.1) is 0 Å². The summed E-state index contributed by atoms with van der Waals surface area (Å²) >= 11 is 0. The van der Waals surface area contributed by atoms with E-state index in [2.05, 4.69) is 55.3 Å². The van der Waals surface area contributed by atoms with Crippen LogP contribution >= 0.6 is 0 Å². The lowest BCUT2D eigenvalue weighted by atomic mass is 9.86. The molecular weight excluding hydrogens is 300 g/mol. The maximum absolute atomic E-state index is 11.4. The number of amides is 1. The Labute approximate surface area is 141 Å². The molecule has 0 radical (unpaired) electrons. The van der Waals surface area contributed by atoms with Gasteiger partial charge < -0.3 is 15.5 Å². The van der Waals surface area contributed by atoms with Gasteiger partial charge in [0, 0.05) is 18.0 Å². The Morgan fingerprint density at radius 1 is 1.12 bits per heavy atom. The number of pyridine rings is 1. The van der Waals surface area contributed by atoms with E-state index in [4.69, 9.17) is 5.73 Å². The van der Waals surface area contributed by atoms with Crippen LogP contribution in [0.15, 0.2) is 48.8 Å². The topological polar surface area (TPSA) is 72.4 Å². The van der Waals surface area contributed by atoms with Gasteiger partial charge in [-0.3, -0.25) is 4.79 Å². The zero-order valence-electron chi connectivity index (χ0n) is 14.2. The van der Waals surface area contributed by atoms with E-state index in [1.165, 1.54) is 5.56 Å². The Bertz CT molecular complexity index is 873. The third-order valence-corrected chi connectivity index (χ3v) is 3.97. The lowest BCUT2D eigenvalue weighted by Gasteiger charge is -2.18. The molecule has 3 aromatic rings. The van der Waals surface area contributed by atoms with E-state index in [1.807, 2.05) is 28.9 Å². The van der Waals surface area contributed by atoms with Crippen LogP contribution in [-0.4, -0.2) is 21.8 Å². The van der Waals surface area contributed by atoms with Crippen LogP contribution < -0.4 is 11.1 Å². The van der Waals surface area contributed by atoms with Crippen molar-refractivity contribution in [2.75, 3.05) is 11.9 Å². The molecule has 0 saturated heterocycles. The smallest absolute Gasteiger partial charge is 0.238 e. The fourth-order valence-electron chi connectivity index (χ4n) is 2.56. The number of benzene rings is 1. The van der Waals surface area contributed by atoms with E-state index in [-0.39, 0.29) is 17.9 Å². The number of nitrogens with zero attached hydrogens (tertiary/aromatic N) is 2. The van der Waals surface area contributed by atoms with Gasteiger partial charge in [0.2, 0.25) is 5.91 Å². The Morgan fingerprint density at radius 3 is 2.46 bits per heavy atom. The zero-order chi connectivity index (χ0) is 17.3. The number of aromatic nitrogens is 2. The van der Waals surface area contributed by atoms with Crippen LogP contribution in [0.25, 0.3) is 16.9 Å². The van der Waals surface area contributed by atoms with Crippen LogP contribution in [0.2, 0.25) is 0 Å². The number of fused-ring (bicyclic) bond motifs is 1. The molecule has 1 aromatic carbocycles. The van der Waals surface area contributed by atoms with E-state index in [0.29, 0.717) is 5.69 Å². The summed E-state index contributed by atoms with van der Waals surface area (Å²) in [5, 5.41) is 2.74. The first-order chi connectivity index (χ1) is 11.4. The number of rotatable bonds is 3. The van der Waals surface area contributed by atoms with Crippen LogP contribution in [0.1, 0.15) is 26.3 Å². The predicted octanol–water partition coefficient (Wildman–Crippen LogP) is 3.20. The first-order valence-corrected chi connectivity index (χ1v) is 7.96. The number of carbonyl (C=O) groups excluding carboxylic acids is 1. The molecule has 5 heteroatoms. The van der Waals surface area contributed by atoms with Gasteiger partial charge in [0.05, 0.1) is 17.9 Å². The van der Waals surface area contributed by atoms with E-state index in [1.54, 1.807) is 0 Å². The van der Waals surface area contributed by atoms with Crippen molar-refractivity contribution in [2.45, 2.75) is 26.2 Å². The van der Waals surface area contributed by atoms with Crippen molar-refractivity contribution >= 4 is 17.2 Å². The average molecular weight is 322 g/mol. The Morgan fingerprint density at radius 2 is 1.83 bits per heavy atom. The third-order valence-electron chi connectivity index (χ3n) is 3.97. The van der Waals surface area contributed by atoms with Gasteiger partial charge in [-0.1, -0.05) is 45.0 Å². The van der Waals surface area contributed by atoms with Crippen molar-refractivity contribution in [2.24, 2.45) is 5.73 Å². The molecule has 1 amide bonds. The summed E-state index contributed by atoms with van der Waals surface area (Å²) in [5.41, 5.74) is 10.2. The molecule has 0 unspecified atom stereocenters. The molecule has 0 aliphatic heterocycles. The van der Waals surface area contributed by atoms with Gasteiger partial charge in [0.15, 0.2) is 0 Å². The standard InChI is InChI=1S/C19H22N4O/c1-19(2,3)14-6-4-13(5-7-14)16-12-23-11-15(21-18(24)10-20)8-9-17(23)22-16/h4-9,11-12H,10,20H2,1-3H3,(H,21,24). The van der Waals surface area contributed by atoms with Crippen molar-refractivity contribution in [1.82, 2.24) is 9.38 Å². The maximum Gasteiger partial charge on any atom is 0.238 e. The molecule has 0 aliphatic carbocycles. The minimum absolute atomic E-state index is 0.0344. The number of hydrogen-bond donors (Lipinski definition) is 2. The van der Waals surface area contributed by atoms with Gasteiger partial charge in [-0.2, -0.15) is 0 Å². The fourth-order valence-corrected chi connectivity index (χ4v) is 2.56. The molecular formula is C19H22N4O. The summed E-state index contributed by atoms with van der Waals surface area (Å²) in [4.78, 5) is 16.0.